The molecule has 8 rings (SSSR count). The summed E-state index contributed by atoms with van der Waals surface area (Å²) in [7, 11) is 0. The van der Waals surface area contributed by atoms with Crippen molar-refractivity contribution in [3.8, 4) is 45.5 Å². The SMILES string of the molecule is CC(=O)N[C@@H](Cc1ccccc1)C(=O)Cc1cccc(-c2ccc(Oc3ccc(F)cc3)cc2)n1.CC(=O)N[C@@H](Cc1ccccc1)C(=O)O.Nc1cccc(-c2ccc(Oc3ccc(F)cc3)cc2)n1. The molecule has 0 saturated heterocycles. The van der Waals surface area contributed by atoms with Gasteiger partial charge in [0.2, 0.25) is 11.8 Å². The zero-order chi connectivity index (χ0) is 50.5. The minimum Gasteiger partial charge on any atom is -0.480 e. The zero-order valence-corrected chi connectivity index (χ0v) is 38.9. The Hall–Kier alpha value is -9.04. The van der Waals surface area contributed by atoms with Crippen LogP contribution in [-0.2, 0) is 38.4 Å². The minimum atomic E-state index is -1.02. The number of hydrogen-bond donors (Lipinski definition) is 4. The highest BCUT2D eigenvalue weighted by Gasteiger charge is 2.21. The number of rotatable bonds is 16. The van der Waals surface area contributed by atoms with E-state index in [0.29, 0.717) is 47.4 Å². The van der Waals surface area contributed by atoms with Crippen molar-refractivity contribution in [2.24, 2.45) is 0 Å². The molecule has 2 heterocycles. The minimum absolute atomic E-state index is 0.100. The second-order valence-electron chi connectivity index (χ2n) is 16.0. The summed E-state index contributed by atoms with van der Waals surface area (Å²) in [5.41, 5.74) is 11.5. The van der Waals surface area contributed by atoms with Gasteiger partial charge in [0.1, 0.15) is 46.5 Å². The lowest BCUT2D eigenvalue weighted by atomic mass is 9.99. The molecule has 0 unspecified atom stereocenters. The number of nitrogens with zero attached hydrogens (tertiary/aromatic N) is 2. The molecule has 71 heavy (non-hydrogen) atoms. The Morgan fingerprint density at radius 1 is 0.507 bits per heavy atom. The highest BCUT2D eigenvalue weighted by molar-refractivity contribution is 5.90. The van der Waals surface area contributed by atoms with E-state index in [2.05, 4.69) is 20.6 Å². The van der Waals surface area contributed by atoms with Gasteiger partial charge >= 0.3 is 5.97 Å². The maximum absolute atomic E-state index is 13.1. The van der Waals surface area contributed by atoms with Gasteiger partial charge in [0.05, 0.1) is 23.9 Å². The number of aliphatic carboxylic acids is 1. The van der Waals surface area contributed by atoms with Crippen LogP contribution in [0, 0.1) is 11.6 Å². The molecule has 6 aromatic carbocycles. The molecular weight excluding hydrogens is 905 g/mol. The summed E-state index contributed by atoms with van der Waals surface area (Å²) in [4.78, 5) is 55.3. The third kappa shape index (κ3) is 17.2. The van der Waals surface area contributed by atoms with Gasteiger partial charge in [-0.3, -0.25) is 19.4 Å². The predicted molar refractivity (Wildman–Crippen MR) is 269 cm³/mol. The molecule has 0 spiro atoms. The van der Waals surface area contributed by atoms with Crippen LogP contribution in [0.4, 0.5) is 14.6 Å². The maximum atomic E-state index is 13.1. The van der Waals surface area contributed by atoms with E-state index in [-0.39, 0.29) is 35.7 Å². The fraction of sp³-hybridized carbons (Fsp3) is 0.123. The molecule has 2 atom stereocenters. The van der Waals surface area contributed by atoms with Gasteiger partial charge in [-0.15, -0.1) is 0 Å². The molecule has 0 bridgehead atoms. The van der Waals surface area contributed by atoms with Crippen LogP contribution in [0.15, 0.2) is 194 Å². The first-order chi connectivity index (χ1) is 34.3. The van der Waals surface area contributed by atoms with Gasteiger partial charge in [0.15, 0.2) is 5.78 Å². The van der Waals surface area contributed by atoms with Crippen LogP contribution >= 0.6 is 0 Å². The number of Topliss-reactive ketones (excluding diaryl/α,β-unsaturated/α-hetero) is 1. The molecular formula is C57H51F2N5O7. The van der Waals surface area contributed by atoms with Crippen molar-refractivity contribution in [3.63, 3.8) is 0 Å². The Kier molecular flexibility index (Phi) is 18.7. The molecule has 8 aromatic rings. The Morgan fingerprint density at radius 2 is 0.901 bits per heavy atom. The number of hydrogen-bond acceptors (Lipinski definition) is 9. The molecule has 12 nitrogen and oxygen atoms in total. The number of pyridine rings is 2. The van der Waals surface area contributed by atoms with Crippen LogP contribution in [0.2, 0.25) is 0 Å². The summed E-state index contributed by atoms with van der Waals surface area (Å²) in [5, 5.41) is 14.0. The number of nitrogens with one attached hydrogen (secondary N) is 2. The van der Waals surface area contributed by atoms with E-state index < -0.39 is 18.1 Å². The van der Waals surface area contributed by atoms with Gasteiger partial charge in [-0.05, 0) is 139 Å². The fourth-order valence-corrected chi connectivity index (χ4v) is 6.95. The first kappa shape index (κ1) is 51.4. The number of ketones is 1. The third-order valence-corrected chi connectivity index (χ3v) is 10.3. The van der Waals surface area contributed by atoms with Crippen LogP contribution in [0.1, 0.15) is 30.7 Å². The second kappa shape index (κ2) is 25.9. The van der Waals surface area contributed by atoms with Gasteiger partial charge < -0.3 is 30.9 Å². The van der Waals surface area contributed by atoms with Crippen LogP contribution in [0.5, 0.6) is 23.0 Å². The lowest BCUT2D eigenvalue weighted by Gasteiger charge is -2.17. The average molecular weight is 956 g/mol. The number of nitrogen functional groups attached to an aromatic ring is 1. The summed E-state index contributed by atoms with van der Waals surface area (Å²) in [6.07, 6.45) is 0.835. The van der Waals surface area contributed by atoms with E-state index in [1.165, 1.54) is 38.1 Å². The van der Waals surface area contributed by atoms with Crippen LogP contribution < -0.4 is 25.8 Å². The van der Waals surface area contributed by atoms with Crippen LogP contribution in [0.25, 0.3) is 22.5 Å². The van der Waals surface area contributed by atoms with Crippen molar-refractivity contribution in [1.82, 2.24) is 20.6 Å². The van der Waals surface area contributed by atoms with Gasteiger partial charge in [0, 0.05) is 37.1 Å². The lowest BCUT2D eigenvalue weighted by Crippen LogP contribution is -2.42. The van der Waals surface area contributed by atoms with Gasteiger partial charge in [-0.1, -0.05) is 72.8 Å². The summed E-state index contributed by atoms with van der Waals surface area (Å²) in [5.74, 6) is 0.603. The first-order valence-corrected chi connectivity index (χ1v) is 22.4. The molecule has 0 saturated carbocycles. The molecule has 0 aliphatic heterocycles. The number of carbonyl (C=O) groups excluding carboxylic acids is 3. The van der Waals surface area contributed by atoms with Gasteiger partial charge in [-0.25, -0.2) is 18.6 Å². The highest BCUT2D eigenvalue weighted by atomic mass is 19.1. The molecule has 0 radical (unpaired) electrons. The first-order valence-electron chi connectivity index (χ1n) is 22.4. The molecule has 2 aromatic heterocycles. The molecule has 2 amide bonds. The fourth-order valence-electron chi connectivity index (χ4n) is 6.95. The largest absolute Gasteiger partial charge is 0.480 e. The summed E-state index contributed by atoms with van der Waals surface area (Å²) >= 11 is 0. The maximum Gasteiger partial charge on any atom is 0.326 e. The summed E-state index contributed by atoms with van der Waals surface area (Å²) < 4.78 is 37.3. The molecule has 0 aliphatic carbocycles. The Labute approximate surface area is 410 Å². The Morgan fingerprint density at radius 3 is 1.32 bits per heavy atom. The van der Waals surface area contributed by atoms with Gasteiger partial charge in [0.25, 0.3) is 0 Å². The third-order valence-electron chi connectivity index (χ3n) is 10.3. The van der Waals surface area contributed by atoms with Gasteiger partial charge in [-0.2, -0.15) is 0 Å². The van der Waals surface area contributed by atoms with E-state index in [4.69, 9.17) is 20.3 Å². The van der Waals surface area contributed by atoms with Crippen molar-refractivity contribution in [3.05, 3.63) is 223 Å². The number of benzene rings is 6. The number of carbonyl (C=O) groups is 4. The van der Waals surface area contributed by atoms with E-state index in [1.54, 1.807) is 36.4 Å². The van der Waals surface area contributed by atoms with E-state index in [9.17, 15) is 28.0 Å². The van der Waals surface area contributed by atoms with Crippen LogP contribution in [0.3, 0.4) is 0 Å². The number of aromatic nitrogens is 2. The quantitative estimate of drug-likeness (QED) is 0.0727. The predicted octanol–water partition coefficient (Wildman–Crippen LogP) is 10.6. The van der Waals surface area contributed by atoms with Crippen LogP contribution in [-0.4, -0.2) is 50.7 Å². The highest BCUT2D eigenvalue weighted by Crippen LogP contribution is 2.27. The van der Waals surface area contributed by atoms with Crippen molar-refractivity contribution < 1.29 is 42.5 Å². The monoisotopic (exact) mass is 955 g/mol. The molecule has 14 heteroatoms. The van der Waals surface area contributed by atoms with Crippen molar-refractivity contribution in [1.29, 1.82) is 0 Å². The topological polar surface area (TPSA) is 183 Å². The lowest BCUT2D eigenvalue weighted by molar-refractivity contribution is -0.141. The van der Waals surface area contributed by atoms with Crippen molar-refractivity contribution in [2.45, 2.75) is 45.2 Å². The number of carboxylic acid groups (broad SMARTS) is 1. The molecule has 0 aliphatic rings. The zero-order valence-electron chi connectivity index (χ0n) is 38.9. The number of amides is 2. The van der Waals surface area contributed by atoms with E-state index >= 15 is 0 Å². The average Bonchev–Trinajstić information content (AvgIpc) is 3.36. The normalized spacial score (nSPS) is 11.2. The number of ether oxygens (including phenoxy) is 2. The van der Waals surface area contributed by atoms with Crippen molar-refractivity contribution >= 4 is 29.4 Å². The number of halogens is 2. The second-order valence-corrected chi connectivity index (χ2v) is 16.0. The smallest absolute Gasteiger partial charge is 0.326 e. The summed E-state index contributed by atoms with van der Waals surface area (Å²) in [6.45, 7) is 2.72. The summed E-state index contributed by atoms with van der Waals surface area (Å²) in [6, 6.07) is 54.9. The standard InChI is InChI=1S/C29H25FN2O3.C17H13FN2O.C11H13NO3/c1-20(33)31-28(18-21-6-3-2-4-7-21)29(34)19-24-8-5-9-27(32-24)22-10-14-25(15-11-22)35-26-16-12-23(30)13-17-26;18-13-6-10-15(11-7-13)21-14-8-4-12(5-9-14)16-2-1-3-17(19)20-16;1-8(13)12-10(11(14)15)7-9-5-3-2-4-6-9/h2-17,28H,18-19H2,1H3,(H,31,33);1-11H,(H2,19,20);2-6,10H,7H2,1H3,(H,12,13)(H,14,15)/t28-;;10-/m0.0/s1. The molecule has 0 fully saturated rings. The Balaban J connectivity index is 0.000000194. The number of carboxylic acids is 1. The van der Waals surface area contributed by atoms with E-state index in [1.807, 2.05) is 133 Å². The van der Waals surface area contributed by atoms with Crippen molar-refractivity contribution in [2.75, 3.05) is 5.73 Å². The Bertz CT molecular complexity index is 2980. The van der Waals surface area contributed by atoms with E-state index in [0.717, 1.165) is 33.6 Å². The number of nitrogens with two attached hydrogens (primary N) is 1. The molecule has 360 valence electrons. The number of anilines is 1. The molecule has 5 N–H and O–H groups in total.